The smallest absolute Gasteiger partial charge is 0.0190 e. The van der Waals surface area contributed by atoms with Crippen LogP contribution >= 0.6 is 0 Å². The van der Waals surface area contributed by atoms with E-state index in [2.05, 4.69) is 59.1 Å². The number of allylic oxidation sites excluding steroid dienone is 1. The van der Waals surface area contributed by atoms with Crippen molar-refractivity contribution >= 4 is 0 Å². The summed E-state index contributed by atoms with van der Waals surface area (Å²) < 4.78 is 0. The second kappa shape index (κ2) is 3.97. The summed E-state index contributed by atoms with van der Waals surface area (Å²) >= 11 is 0. The second-order valence-electron chi connectivity index (χ2n) is 5.64. The van der Waals surface area contributed by atoms with Gasteiger partial charge in [-0.05, 0) is 17.0 Å². The third kappa shape index (κ3) is 9.54. The Hall–Kier alpha value is -0.460. The van der Waals surface area contributed by atoms with Gasteiger partial charge in [0, 0.05) is 6.54 Å². The molecule has 0 heterocycles. The topological polar surface area (TPSA) is 12.0 Å². The quantitative estimate of drug-likeness (QED) is 0.669. The maximum absolute atomic E-state index is 3.30. The first-order chi connectivity index (χ1) is 5.21. The zero-order valence-corrected chi connectivity index (χ0v) is 9.36. The Morgan fingerprint density at radius 2 is 1.50 bits per heavy atom. The van der Waals surface area contributed by atoms with Crippen LogP contribution in [0.3, 0.4) is 0 Å². The van der Waals surface area contributed by atoms with Gasteiger partial charge in [0.25, 0.3) is 0 Å². The van der Waals surface area contributed by atoms with E-state index in [1.807, 2.05) is 0 Å². The maximum Gasteiger partial charge on any atom is 0.0190 e. The molecular formula is C11H23N. The minimum atomic E-state index is 0.283. The fourth-order valence-corrected chi connectivity index (χ4v) is 0.674. The Morgan fingerprint density at radius 3 is 1.83 bits per heavy atom. The van der Waals surface area contributed by atoms with Crippen LogP contribution in [0.25, 0.3) is 0 Å². The molecule has 0 aromatic heterocycles. The van der Waals surface area contributed by atoms with E-state index in [1.165, 1.54) is 0 Å². The van der Waals surface area contributed by atoms with Gasteiger partial charge < -0.3 is 5.32 Å². The minimum absolute atomic E-state index is 0.283. The van der Waals surface area contributed by atoms with E-state index in [0.717, 1.165) is 6.54 Å². The fourth-order valence-electron chi connectivity index (χ4n) is 0.674. The van der Waals surface area contributed by atoms with Crippen LogP contribution < -0.4 is 5.32 Å². The van der Waals surface area contributed by atoms with Crippen molar-refractivity contribution in [3.63, 3.8) is 0 Å². The predicted molar refractivity (Wildman–Crippen MR) is 56.1 cm³/mol. The molecule has 0 spiro atoms. The van der Waals surface area contributed by atoms with Crippen LogP contribution in [-0.4, -0.2) is 6.54 Å². The van der Waals surface area contributed by atoms with E-state index < -0.39 is 0 Å². The summed E-state index contributed by atoms with van der Waals surface area (Å²) in [6, 6.07) is 0. The van der Waals surface area contributed by atoms with Crippen molar-refractivity contribution in [3.8, 4) is 0 Å². The van der Waals surface area contributed by atoms with Crippen molar-refractivity contribution in [2.75, 3.05) is 6.54 Å². The molecule has 0 radical (unpaired) electrons. The SMILES string of the molecule is CC(C)(C)/C=C\NCC(C)(C)C. The molecule has 0 fully saturated rings. The maximum atomic E-state index is 3.30. The highest BCUT2D eigenvalue weighted by molar-refractivity contribution is 4.91. The van der Waals surface area contributed by atoms with E-state index in [-0.39, 0.29) is 5.41 Å². The summed E-state index contributed by atoms with van der Waals surface area (Å²) in [5.74, 6) is 0. The van der Waals surface area contributed by atoms with Gasteiger partial charge in [-0.2, -0.15) is 0 Å². The molecule has 0 atom stereocenters. The van der Waals surface area contributed by atoms with Gasteiger partial charge in [-0.15, -0.1) is 0 Å². The average Bonchev–Trinajstić information content (AvgIpc) is 1.76. The lowest BCUT2D eigenvalue weighted by molar-refractivity contribution is 0.401. The fraction of sp³-hybridized carbons (Fsp3) is 0.818. The minimum Gasteiger partial charge on any atom is -0.391 e. The van der Waals surface area contributed by atoms with Crippen LogP contribution in [0, 0.1) is 10.8 Å². The zero-order chi connectivity index (χ0) is 9.83. The molecule has 0 aliphatic carbocycles. The van der Waals surface area contributed by atoms with Crippen LogP contribution in [0.15, 0.2) is 12.3 Å². The Morgan fingerprint density at radius 1 is 1.00 bits per heavy atom. The summed E-state index contributed by atoms with van der Waals surface area (Å²) in [5.41, 5.74) is 0.646. The summed E-state index contributed by atoms with van der Waals surface area (Å²) in [5, 5.41) is 3.30. The van der Waals surface area contributed by atoms with Gasteiger partial charge in [0.2, 0.25) is 0 Å². The van der Waals surface area contributed by atoms with Crippen molar-refractivity contribution in [1.29, 1.82) is 0 Å². The first kappa shape index (κ1) is 11.5. The van der Waals surface area contributed by atoms with Crippen LogP contribution in [0.5, 0.6) is 0 Å². The van der Waals surface area contributed by atoms with Crippen molar-refractivity contribution in [1.82, 2.24) is 5.32 Å². The van der Waals surface area contributed by atoms with Gasteiger partial charge in [-0.25, -0.2) is 0 Å². The normalized spacial score (nSPS) is 13.8. The summed E-state index contributed by atoms with van der Waals surface area (Å²) in [6.45, 7) is 14.3. The molecule has 0 bridgehead atoms. The molecule has 72 valence electrons. The molecule has 0 aromatic carbocycles. The molecule has 0 aliphatic heterocycles. The lowest BCUT2D eigenvalue weighted by Crippen LogP contribution is -2.23. The summed E-state index contributed by atoms with van der Waals surface area (Å²) in [7, 11) is 0. The Labute approximate surface area is 77.2 Å². The highest BCUT2D eigenvalue weighted by Gasteiger charge is 2.08. The molecule has 1 N–H and O–H groups in total. The van der Waals surface area contributed by atoms with E-state index in [0.29, 0.717) is 5.41 Å². The molecule has 12 heavy (non-hydrogen) atoms. The van der Waals surface area contributed by atoms with E-state index in [1.54, 1.807) is 0 Å². The Kier molecular flexibility index (Phi) is 3.82. The standard InChI is InChI=1S/C11H23N/c1-10(2,3)7-8-12-9-11(4,5)6/h7-8,12H,9H2,1-6H3/b8-7-. The van der Waals surface area contributed by atoms with E-state index >= 15 is 0 Å². The molecule has 0 aromatic rings. The molecule has 1 heteroatoms. The van der Waals surface area contributed by atoms with E-state index in [9.17, 15) is 0 Å². The van der Waals surface area contributed by atoms with Gasteiger partial charge in [0.15, 0.2) is 0 Å². The van der Waals surface area contributed by atoms with Gasteiger partial charge in [-0.1, -0.05) is 47.6 Å². The van der Waals surface area contributed by atoms with Crippen molar-refractivity contribution < 1.29 is 0 Å². The molecule has 0 rings (SSSR count). The largest absolute Gasteiger partial charge is 0.391 e. The van der Waals surface area contributed by atoms with Gasteiger partial charge in [0.1, 0.15) is 0 Å². The number of nitrogens with one attached hydrogen (secondary N) is 1. The predicted octanol–water partition coefficient (Wildman–Crippen LogP) is 3.18. The van der Waals surface area contributed by atoms with Gasteiger partial charge >= 0.3 is 0 Å². The Balaban J connectivity index is 3.64. The number of rotatable bonds is 2. The van der Waals surface area contributed by atoms with Crippen LogP contribution in [0.1, 0.15) is 41.5 Å². The lowest BCUT2D eigenvalue weighted by atomic mass is 9.96. The van der Waals surface area contributed by atoms with E-state index in [4.69, 9.17) is 0 Å². The first-order valence-corrected chi connectivity index (χ1v) is 4.62. The Bertz CT molecular complexity index is 143. The average molecular weight is 169 g/mol. The van der Waals surface area contributed by atoms with Crippen molar-refractivity contribution in [2.24, 2.45) is 10.8 Å². The number of hydrogen-bond acceptors (Lipinski definition) is 1. The molecule has 0 saturated carbocycles. The van der Waals surface area contributed by atoms with Gasteiger partial charge in [-0.3, -0.25) is 0 Å². The molecular weight excluding hydrogens is 146 g/mol. The van der Waals surface area contributed by atoms with Crippen molar-refractivity contribution in [2.45, 2.75) is 41.5 Å². The van der Waals surface area contributed by atoms with Crippen molar-refractivity contribution in [3.05, 3.63) is 12.3 Å². The van der Waals surface area contributed by atoms with Crippen LogP contribution in [0.4, 0.5) is 0 Å². The lowest BCUT2D eigenvalue weighted by Gasteiger charge is -2.18. The third-order valence-corrected chi connectivity index (χ3v) is 1.33. The molecule has 0 saturated heterocycles. The monoisotopic (exact) mass is 169 g/mol. The highest BCUT2D eigenvalue weighted by Crippen LogP contribution is 2.14. The molecule has 0 amide bonds. The summed E-state index contributed by atoms with van der Waals surface area (Å²) in [6.07, 6.45) is 4.25. The van der Waals surface area contributed by atoms with Crippen LogP contribution in [0.2, 0.25) is 0 Å². The molecule has 0 unspecified atom stereocenters. The highest BCUT2D eigenvalue weighted by atomic mass is 14.8. The molecule has 1 nitrogen and oxygen atoms in total. The van der Waals surface area contributed by atoms with Gasteiger partial charge in [0.05, 0.1) is 0 Å². The second-order valence-corrected chi connectivity index (χ2v) is 5.64. The zero-order valence-electron chi connectivity index (χ0n) is 9.36. The molecule has 0 aliphatic rings. The third-order valence-electron chi connectivity index (χ3n) is 1.33. The van der Waals surface area contributed by atoms with Crippen LogP contribution in [-0.2, 0) is 0 Å². The first-order valence-electron chi connectivity index (χ1n) is 4.62. The summed E-state index contributed by atoms with van der Waals surface area (Å²) in [4.78, 5) is 0. The number of hydrogen-bond donors (Lipinski definition) is 1.